The van der Waals surface area contributed by atoms with Gasteiger partial charge in [0.05, 0.1) is 5.71 Å². The Morgan fingerprint density at radius 2 is 1.73 bits per heavy atom. The molecule has 0 atom stereocenters. The number of hydroxylamine groups is 2. The molecule has 1 aliphatic heterocycles. The summed E-state index contributed by atoms with van der Waals surface area (Å²) in [7, 11) is 0. The molecule has 3 nitrogen and oxygen atoms in total. The van der Waals surface area contributed by atoms with Gasteiger partial charge in [-0.25, -0.2) is 5.06 Å². The molecule has 0 fully saturated rings. The van der Waals surface area contributed by atoms with Gasteiger partial charge in [0.15, 0.2) is 0 Å². The molecule has 1 heterocycles. The molecule has 0 saturated heterocycles. The van der Waals surface area contributed by atoms with E-state index in [4.69, 9.17) is 10.6 Å². The number of rotatable bonds is 0. The Morgan fingerprint density at radius 1 is 1.07 bits per heavy atom. The summed E-state index contributed by atoms with van der Waals surface area (Å²) in [5.41, 5.74) is 2.48. The molecule has 0 aromatic rings. The van der Waals surface area contributed by atoms with Crippen molar-refractivity contribution in [2.75, 3.05) is 0 Å². The van der Waals surface area contributed by atoms with Crippen LogP contribution in [0.4, 0.5) is 0 Å². The highest BCUT2D eigenvalue weighted by molar-refractivity contribution is 9.12. The summed E-state index contributed by atoms with van der Waals surface area (Å²) in [5, 5.41) is 17.6. The smallest absolute Gasteiger partial charge is 0.0682 e. The van der Waals surface area contributed by atoms with Crippen LogP contribution in [-0.4, -0.2) is 16.0 Å². The molecule has 0 bridgehead atoms. The summed E-state index contributed by atoms with van der Waals surface area (Å²) >= 11 is 3.32. The minimum atomic E-state index is 0.465. The Balaban J connectivity index is 2.36. The Bertz CT molecular complexity index is 439. The van der Waals surface area contributed by atoms with E-state index in [0.29, 0.717) is 5.71 Å². The van der Waals surface area contributed by atoms with Crippen LogP contribution in [0.5, 0.6) is 0 Å². The maximum atomic E-state index is 9.08. The number of nitrogens with zero attached hydrogens (tertiary/aromatic N) is 1. The third-order valence-electron chi connectivity index (χ3n) is 2.12. The molecule has 2 rings (SSSR count). The second-order valence-electron chi connectivity index (χ2n) is 3.16. The summed E-state index contributed by atoms with van der Waals surface area (Å²) in [6.07, 6.45) is 12.3. The van der Waals surface area contributed by atoms with Crippen molar-refractivity contribution < 1.29 is 5.21 Å². The van der Waals surface area contributed by atoms with Gasteiger partial charge >= 0.3 is 0 Å². The van der Waals surface area contributed by atoms with Crippen LogP contribution < -0.4 is 0 Å². The zero-order chi connectivity index (χ0) is 10.8. The molecule has 0 amide bonds. The molecular formula is C11H9BrN2O. The highest BCUT2D eigenvalue weighted by atomic mass is 79.9. The monoisotopic (exact) mass is 264 g/mol. The SMILES string of the molecule is N=C1C=CC(=C2C=CN(O)C=C2)C=C1Br. The fourth-order valence-corrected chi connectivity index (χ4v) is 1.68. The van der Waals surface area contributed by atoms with Gasteiger partial charge in [-0.1, -0.05) is 6.08 Å². The summed E-state index contributed by atoms with van der Waals surface area (Å²) in [6, 6.07) is 0. The Kier molecular flexibility index (Phi) is 2.70. The minimum Gasteiger partial charge on any atom is -0.300 e. The zero-order valence-corrected chi connectivity index (χ0v) is 9.40. The van der Waals surface area contributed by atoms with E-state index < -0.39 is 0 Å². The number of allylic oxidation sites excluding steroid dienone is 8. The van der Waals surface area contributed by atoms with Crippen molar-refractivity contribution in [3.63, 3.8) is 0 Å². The second-order valence-corrected chi connectivity index (χ2v) is 4.02. The first-order chi connectivity index (χ1) is 7.16. The highest BCUT2D eigenvalue weighted by Gasteiger charge is 2.08. The Morgan fingerprint density at radius 3 is 2.33 bits per heavy atom. The van der Waals surface area contributed by atoms with Gasteiger partial charge in [0.2, 0.25) is 0 Å². The largest absolute Gasteiger partial charge is 0.300 e. The summed E-state index contributed by atoms with van der Waals surface area (Å²) in [5.74, 6) is 0. The molecule has 0 saturated carbocycles. The van der Waals surface area contributed by atoms with Crippen LogP contribution in [0.15, 0.2) is 58.4 Å². The Hall–Kier alpha value is -1.39. The molecule has 0 spiro atoms. The van der Waals surface area contributed by atoms with Crippen LogP contribution in [-0.2, 0) is 0 Å². The van der Waals surface area contributed by atoms with Crippen molar-refractivity contribution in [3.8, 4) is 0 Å². The van der Waals surface area contributed by atoms with Crippen molar-refractivity contribution in [2.24, 2.45) is 0 Å². The molecule has 2 aliphatic rings. The predicted molar refractivity (Wildman–Crippen MR) is 62.8 cm³/mol. The van der Waals surface area contributed by atoms with Gasteiger partial charge in [0.25, 0.3) is 0 Å². The number of nitrogens with one attached hydrogen (secondary N) is 1. The first kappa shape index (κ1) is 10.1. The number of halogens is 1. The van der Waals surface area contributed by atoms with E-state index >= 15 is 0 Å². The maximum Gasteiger partial charge on any atom is 0.0682 e. The van der Waals surface area contributed by atoms with Crippen LogP contribution >= 0.6 is 15.9 Å². The molecule has 76 valence electrons. The summed E-state index contributed by atoms with van der Waals surface area (Å²) < 4.78 is 0.765. The first-order valence-electron chi connectivity index (χ1n) is 4.39. The molecule has 0 aromatic heterocycles. The van der Waals surface area contributed by atoms with Gasteiger partial charge in [-0.15, -0.1) is 0 Å². The topological polar surface area (TPSA) is 47.3 Å². The van der Waals surface area contributed by atoms with E-state index in [-0.39, 0.29) is 0 Å². The van der Waals surface area contributed by atoms with E-state index in [2.05, 4.69) is 15.9 Å². The molecule has 2 N–H and O–H groups in total. The van der Waals surface area contributed by atoms with E-state index in [0.717, 1.165) is 20.7 Å². The molecule has 0 unspecified atom stereocenters. The van der Waals surface area contributed by atoms with E-state index in [1.807, 2.05) is 24.3 Å². The van der Waals surface area contributed by atoms with Crippen molar-refractivity contribution in [1.82, 2.24) is 5.06 Å². The van der Waals surface area contributed by atoms with Gasteiger partial charge in [0, 0.05) is 16.9 Å². The highest BCUT2D eigenvalue weighted by Crippen LogP contribution is 2.23. The average molecular weight is 265 g/mol. The van der Waals surface area contributed by atoms with Crippen molar-refractivity contribution in [2.45, 2.75) is 0 Å². The molecule has 4 heteroatoms. The lowest BCUT2D eigenvalue weighted by Gasteiger charge is -2.13. The first-order valence-corrected chi connectivity index (χ1v) is 5.18. The quantitative estimate of drug-likeness (QED) is 0.707. The summed E-state index contributed by atoms with van der Waals surface area (Å²) in [6.45, 7) is 0. The lowest BCUT2D eigenvalue weighted by atomic mass is 10.0. The van der Waals surface area contributed by atoms with Gasteiger partial charge in [0.1, 0.15) is 0 Å². The van der Waals surface area contributed by atoms with Crippen molar-refractivity contribution >= 4 is 21.6 Å². The summed E-state index contributed by atoms with van der Waals surface area (Å²) in [4.78, 5) is 0. The minimum absolute atomic E-state index is 0.465. The Labute approximate surface area is 96.0 Å². The van der Waals surface area contributed by atoms with Crippen LogP contribution in [0.3, 0.4) is 0 Å². The van der Waals surface area contributed by atoms with Crippen LogP contribution in [0.1, 0.15) is 0 Å². The third kappa shape index (κ3) is 2.16. The molecule has 0 radical (unpaired) electrons. The normalized spacial score (nSPS) is 20.0. The number of hydrogen-bond donors (Lipinski definition) is 2. The fourth-order valence-electron chi connectivity index (χ4n) is 1.31. The second kappa shape index (κ2) is 4.00. The lowest BCUT2D eigenvalue weighted by molar-refractivity contribution is 0.0105. The fraction of sp³-hybridized carbons (Fsp3) is 0. The predicted octanol–water partition coefficient (Wildman–Crippen LogP) is 2.88. The van der Waals surface area contributed by atoms with Gasteiger partial charge < -0.3 is 0 Å². The standard InChI is InChI=1S/C11H9BrN2O/c12-10-7-9(1-2-11(10)13)8-3-5-14(15)6-4-8/h1-7,13,15H. The van der Waals surface area contributed by atoms with Crippen molar-refractivity contribution in [3.05, 3.63) is 58.4 Å². The zero-order valence-electron chi connectivity index (χ0n) is 7.81. The van der Waals surface area contributed by atoms with Gasteiger partial charge in [-0.05, 0) is 51.4 Å². The van der Waals surface area contributed by atoms with Crippen LogP contribution in [0, 0.1) is 5.41 Å². The maximum absolute atomic E-state index is 9.08. The van der Waals surface area contributed by atoms with Crippen LogP contribution in [0.25, 0.3) is 0 Å². The van der Waals surface area contributed by atoms with E-state index in [1.54, 1.807) is 18.5 Å². The number of hydrogen-bond acceptors (Lipinski definition) is 3. The lowest BCUT2D eigenvalue weighted by Crippen LogP contribution is -2.05. The average Bonchev–Trinajstić information content (AvgIpc) is 2.23. The third-order valence-corrected chi connectivity index (χ3v) is 2.77. The van der Waals surface area contributed by atoms with Gasteiger partial charge in [-0.2, -0.15) is 0 Å². The molecule has 0 aromatic carbocycles. The molecule has 1 aliphatic carbocycles. The van der Waals surface area contributed by atoms with Gasteiger partial charge in [-0.3, -0.25) is 10.6 Å². The van der Waals surface area contributed by atoms with Crippen LogP contribution in [0.2, 0.25) is 0 Å². The van der Waals surface area contributed by atoms with E-state index in [9.17, 15) is 0 Å². The molecular weight excluding hydrogens is 256 g/mol. The molecule has 15 heavy (non-hydrogen) atoms. The van der Waals surface area contributed by atoms with E-state index in [1.165, 1.54) is 0 Å². The van der Waals surface area contributed by atoms with Crippen molar-refractivity contribution in [1.29, 1.82) is 5.41 Å².